The molecule has 1 aliphatic rings. The van der Waals surface area contributed by atoms with Crippen LogP contribution in [0.4, 0.5) is 4.39 Å². The summed E-state index contributed by atoms with van der Waals surface area (Å²) in [6.07, 6.45) is 0.991. The van der Waals surface area contributed by atoms with Crippen LogP contribution in [0.2, 0.25) is 0 Å². The third kappa shape index (κ3) is 3.77. The first-order valence-corrected chi connectivity index (χ1v) is 7.37. The van der Waals surface area contributed by atoms with E-state index < -0.39 is 0 Å². The molecule has 1 aromatic rings. The summed E-state index contributed by atoms with van der Waals surface area (Å²) in [5, 5.41) is 0. The predicted octanol–water partition coefficient (Wildman–Crippen LogP) is 2.77. The molecule has 4 heteroatoms. The van der Waals surface area contributed by atoms with Gasteiger partial charge in [0.25, 0.3) is 0 Å². The molecule has 0 radical (unpaired) electrons. The van der Waals surface area contributed by atoms with Crippen molar-refractivity contribution in [1.29, 1.82) is 0 Å². The van der Waals surface area contributed by atoms with Gasteiger partial charge in [-0.15, -0.1) is 0 Å². The number of piperazine rings is 1. The van der Waals surface area contributed by atoms with Crippen LogP contribution in [-0.4, -0.2) is 49.1 Å². The largest absolute Gasteiger partial charge is 0.301 e. The van der Waals surface area contributed by atoms with E-state index >= 15 is 0 Å². The Labute approximate surface area is 117 Å². The van der Waals surface area contributed by atoms with Gasteiger partial charge in [0.05, 0.1) is 4.47 Å². The van der Waals surface area contributed by atoms with Crippen molar-refractivity contribution in [2.75, 3.05) is 39.3 Å². The van der Waals surface area contributed by atoms with Crippen LogP contribution in [0, 0.1) is 5.82 Å². The van der Waals surface area contributed by atoms with Gasteiger partial charge in [-0.1, -0.05) is 13.0 Å². The first-order chi connectivity index (χ1) is 8.69. The molecule has 0 aromatic heterocycles. The molecular formula is C14H20BrFN2. The smallest absolute Gasteiger partial charge is 0.137 e. The maximum absolute atomic E-state index is 13.1. The van der Waals surface area contributed by atoms with Crippen LogP contribution < -0.4 is 0 Å². The molecule has 100 valence electrons. The molecule has 1 aliphatic heterocycles. The molecule has 2 nitrogen and oxygen atoms in total. The number of nitrogens with zero attached hydrogens (tertiary/aromatic N) is 2. The predicted molar refractivity (Wildman–Crippen MR) is 76.4 cm³/mol. The molecule has 2 rings (SSSR count). The number of rotatable bonds is 4. The Kier molecular flexibility index (Phi) is 5.15. The molecule has 1 saturated heterocycles. The fraction of sp³-hybridized carbons (Fsp3) is 0.571. The number of halogens is 2. The maximum atomic E-state index is 13.1. The molecule has 1 aromatic carbocycles. The Hall–Kier alpha value is -0.450. The molecular weight excluding hydrogens is 295 g/mol. The zero-order valence-electron chi connectivity index (χ0n) is 10.8. The topological polar surface area (TPSA) is 6.48 Å². The molecule has 0 N–H and O–H groups in total. The van der Waals surface area contributed by atoms with Crippen LogP contribution in [0.15, 0.2) is 22.7 Å². The number of benzene rings is 1. The lowest BCUT2D eigenvalue weighted by atomic mass is 10.1. The summed E-state index contributed by atoms with van der Waals surface area (Å²) < 4.78 is 13.7. The summed E-state index contributed by atoms with van der Waals surface area (Å²) in [6, 6.07) is 5.30. The van der Waals surface area contributed by atoms with Crippen LogP contribution in [0.3, 0.4) is 0 Å². The highest BCUT2D eigenvalue weighted by molar-refractivity contribution is 9.10. The molecule has 0 atom stereocenters. The van der Waals surface area contributed by atoms with Crippen molar-refractivity contribution in [3.63, 3.8) is 0 Å². The van der Waals surface area contributed by atoms with E-state index in [4.69, 9.17) is 0 Å². The second-order valence-electron chi connectivity index (χ2n) is 4.77. The molecule has 18 heavy (non-hydrogen) atoms. The van der Waals surface area contributed by atoms with E-state index in [1.807, 2.05) is 12.1 Å². The minimum absolute atomic E-state index is 0.185. The van der Waals surface area contributed by atoms with Gasteiger partial charge in [-0.05, 0) is 46.6 Å². The molecule has 0 unspecified atom stereocenters. The van der Waals surface area contributed by atoms with E-state index in [0.717, 1.165) is 32.6 Å². The maximum Gasteiger partial charge on any atom is 0.137 e. The molecule has 0 saturated carbocycles. The lowest BCUT2D eigenvalue weighted by molar-refractivity contribution is 0.138. The second-order valence-corrected chi connectivity index (χ2v) is 5.63. The Balaban J connectivity index is 1.79. The first kappa shape index (κ1) is 14.0. The molecule has 0 bridgehead atoms. The Morgan fingerprint density at radius 3 is 2.44 bits per heavy atom. The van der Waals surface area contributed by atoms with Crippen molar-refractivity contribution in [2.24, 2.45) is 0 Å². The average Bonchev–Trinajstić information content (AvgIpc) is 2.41. The van der Waals surface area contributed by atoms with Crippen molar-refractivity contribution in [2.45, 2.75) is 13.3 Å². The highest BCUT2D eigenvalue weighted by Crippen LogP contribution is 2.17. The van der Waals surface area contributed by atoms with Crippen LogP contribution in [0.5, 0.6) is 0 Å². The lowest BCUT2D eigenvalue weighted by Gasteiger charge is -2.34. The first-order valence-electron chi connectivity index (χ1n) is 6.57. The average molecular weight is 315 g/mol. The van der Waals surface area contributed by atoms with Crippen LogP contribution in [0.1, 0.15) is 12.5 Å². The zero-order valence-corrected chi connectivity index (χ0v) is 12.4. The van der Waals surface area contributed by atoms with E-state index in [1.165, 1.54) is 24.7 Å². The normalized spacial score (nSPS) is 18.2. The van der Waals surface area contributed by atoms with Gasteiger partial charge < -0.3 is 9.80 Å². The molecule has 1 heterocycles. The number of hydrogen-bond acceptors (Lipinski definition) is 2. The van der Waals surface area contributed by atoms with Crippen LogP contribution in [0.25, 0.3) is 0 Å². The van der Waals surface area contributed by atoms with Gasteiger partial charge in [-0.25, -0.2) is 4.39 Å². The Morgan fingerprint density at radius 1 is 1.17 bits per heavy atom. The quantitative estimate of drug-likeness (QED) is 0.843. The molecule has 0 spiro atoms. The number of likely N-dealkylation sites (N-methyl/N-ethyl adjacent to an activating group) is 1. The van der Waals surface area contributed by atoms with E-state index in [2.05, 4.69) is 32.7 Å². The van der Waals surface area contributed by atoms with Gasteiger partial charge in [0.1, 0.15) is 5.82 Å². The van der Waals surface area contributed by atoms with E-state index in [0.29, 0.717) is 4.47 Å². The van der Waals surface area contributed by atoms with Gasteiger partial charge >= 0.3 is 0 Å². The third-order valence-corrected chi connectivity index (χ3v) is 4.22. The summed E-state index contributed by atoms with van der Waals surface area (Å²) in [7, 11) is 0. The monoisotopic (exact) mass is 314 g/mol. The third-order valence-electron chi connectivity index (χ3n) is 3.61. The summed E-state index contributed by atoms with van der Waals surface area (Å²) in [6.45, 7) is 9.07. The van der Waals surface area contributed by atoms with Gasteiger partial charge in [-0.3, -0.25) is 0 Å². The lowest BCUT2D eigenvalue weighted by Crippen LogP contribution is -2.46. The summed E-state index contributed by atoms with van der Waals surface area (Å²) in [5.41, 5.74) is 1.20. The van der Waals surface area contributed by atoms with Crippen molar-refractivity contribution < 1.29 is 4.39 Å². The zero-order chi connectivity index (χ0) is 13.0. The fourth-order valence-electron chi connectivity index (χ4n) is 2.31. The van der Waals surface area contributed by atoms with E-state index in [-0.39, 0.29) is 5.82 Å². The van der Waals surface area contributed by atoms with E-state index in [9.17, 15) is 4.39 Å². The molecule has 1 fully saturated rings. The minimum atomic E-state index is -0.185. The second kappa shape index (κ2) is 6.64. The minimum Gasteiger partial charge on any atom is -0.301 e. The van der Waals surface area contributed by atoms with Gasteiger partial charge in [0.2, 0.25) is 0 Å². The van der Waals surface area contributed by atoms with Gasteiger partial charge in [-0.2, -0.15) is 0 Å². The van der Waals surface area contributed by atoms with Crippen molar-refractivity contribution in [1.82, 2.24) is 9.80 Å². The summed E-state index contributed by atoms with van der Waals surface area (Å²) >= 11 is 3.23. The molecule has 0 amide bonds. The SMILES string of the molecule is CCN1CCN(CCc2ccc(F)c(Br)c2)CC1. The summed E-state index contributed by atoms with van der Waals surface area (Å²) in [4.78, 5) is 4.97. The van der Waals surface area contributed by atoms with Crippen LogP contribution in [-0.2, 0) is 6.42 Å². The molecule has 0 aliphatic carbocycles. The van der Waals surface area contributed by atoms with E-state index in [1.54, 1.807) is 0 Å². The van der Waals surface area contributed by atoms with Gasteiger partial charge in [0.15, 0.2) is 0 Å². The highest BCUT2D eigenvalue weighted by atomic mass is 79.9. The standard InChI is InChI=1S/C14H20BrFN2/c1-2-17-7-9-18(10-8-17)6-5-12-3-4-14(16)13(15)11-12/h3-4,11H,2,5-10H2,1H3. The highest BCUT2D eigenvalue weighted by Gasteiger charge is 2.14. The number of hydrogen-bond donors (Lipinski definition) is 0. The van der Waals surface area contributed by atoms with Crippen molar-refractivity contribution in [3.8, 4) is 0 Å². The van der Waals surface area contributed by atoms with Crippen molar-refractivity contribution in [3.05, 3.63) is 34.1 Å². The fourth-order valence-corrected chi connectivity index (χ4v) is 2.74. The van der Waals surface area contributed by atoms with Crippen LogP contribution >= 0.6 is 15.9 Å². The summed E-state index contributed by atoms with van der Waals surface area (Å²) in [5.74, 6) is -0.185. The Morgan fingerprint density at radius 2 is 1.83 bits per heavy atom. The van der Waals surface area contributed by atoms with Gasteiger partial charge in [0, 0.05) is 32.7 Å². The Bertz CT molecular complexity index is 389. The van der Waals surface area contributed by atoms with Crippen molar-refractivity contribution >= 4 is 15.9 Å².